The summed E-state index contributed by atoms with van der Waals surface area (Å²) in [6.07, 6.45) is 6.86. The van der Waals surface area contributed by atoms with Crippen LogP contribution in [0.4, 0.5) is 0 Å². The number of thiazole rings is 1. The van der Waals surface area contributed by atoms with Crippen molar-refractivity contribution >= 4 is 11.3 Å². The van der Waals surface area contributed by atoms with Crippen LogP contribution in [-0.2, 0) is 30.9 Å². The van der Waals surface area contributed by atoms with Crippen LogP contribution in [0.1, 0.15) is 21.7 Å². The molecule has 0 aliphatic carbocycles. The number of pyridine rings is 1. The van der Waals surface area contributed by atoms with Crippen LogP contribution in [-0.4, -0.2) is 28.5 Å². The van der Waals surface area contributed by atoms with Crippen molar-refractivity contribution in [1.82, 2.24) is 14.9 Å². The Kier molecular flexibility index (Phi) is 3.87. The number of hydrogen-bond acceptors (Lipinski definition) is 5. The van der Waals surface area contributed by atoms with Gasteiger partial charge in [0.25, 0.3) is 0 Å². The number of ether oxygens (including phenoxy) is 1. The smallest absolute Gasteiger partial charge is 0.107 e. The minimum Gasteiger partial charge on any atom is -0.380 e. The summed E-state index contributed by atoms with van der Waals surface area (Å²) in [5.74, 6) is 0. The monoisotopic (exact) mass is 275 g/mol. The largest absolute Gasteiger partial charge is 0.380 e. The summed E-state index contributed by atoms with van der Waals surface area (Å²) < 4.78 is 5.24. The van der Waals surface area contributed by atoms with Gasteiger partial charge in [-0.15, -0.1) is 11.3 Å². The highest BCUT2D eigenvalue weighted by atomic mass is 32.1. The number of nitrogens with zero attached hydrogens (tertiary/aromatic N) is 3. The van der Waals surface area contributed by atoms with Gasteiger partial charge in [0, 0.05) is 44.2 Å². The van der Waals surface area contributed by atoms with E-state index in [0.29, 0.717) is 6.61 Å². The van der Waals surface area contributed by atoms with E-state index in [0.717, 1.165) is 26.1 Å². The van der Waals surface area contributed by atoms with Gasteiger partial charge >= 0.3 is 0 Å². The molecule has 0 unspecified atom stereocenters. The Labute approximate surface area is 117 Å². The molecule has 3 rings (SSSR count). The van der Waals surface area contributed by atoms with Gasteiger partial charge in [-0.1, -0.05) is 0 Å². The third-order valence-electron chi connectivity index (χ3n) is 3.45. The molecule has 0 fully saturated rings. The predicted octanol–water partition coefficient (Wildman–Crippen LogP) is 2.24. The van der Waals surface area contributed by atoms with Crippen molar-refractivity contribution < 1.29 is 4.74 Å². The summed E-state index contributed by atoms with van der Waals surface area (Å²) in [6.45, 7) is 3.63. The van der Waals surface area contributed by atoms with Crippen molar-refractivity contribution in [2.45, 2.75) is 26.1 Å². The molecule has 2 aromatic rings. The van der Waals surface area contributed by atoms with Gasteiger partial charge in [-0.3, -0.25) is 9.88 Å². The Morgan fingerprint density at radius 1 is 1.42 bits per heavy atom. The molecule has 3 heterocycles. The first-order chi connectivity index (χ1) is 9.36. The predicted molar refractivity (Wildman–Crippen MR) is 74.9 cm³/mol. The summed E-state index contributed by atoms with van der Waals surface area (Å²) in [6, 6.07) is 0. The Morgan fingerprint density at radius 2 is 2.37 bits per heavy atom. The Balaban J connectivity index is 1.75. The van der Waals surface area contributed by atoms with Gasteiger partial charge in [0.1, 0.15) is 5.01 Å². The second-order valence-corrected chi connectivity index (χ2v) is 5.73. The zero-order valence-corrected chi connectivity index (χ0v) is 11.8. The first kappa shape index (κ1) is 12.7. The van der Waals surface area contributed by atoms with E-state index in [-0.39, 0.29) is 0 Å². The zero-order chi connectivity index (χ0) is 13.1. The average molecular weight is 275 g/mol. The van der Waals surface area contributed by atoms with Crippen molar-refractivity contribution in [2.75, 3.05) is 13.7 Å². The molecule has 2 aromatic heterocycles. The van der Waals surface area contributed by atoms with Crippen LogP contribution in [0.2, 0.25) is 0 Å². The molecule has 19 heavy (non-hydrogen) atoms. The lowest BCUT2D eigenvalue weighted by Crippen LogP contribution is -2.30. The number of hydrogen-bond donors (Lipinski definition) is 0. The van der Waals surface area contributed by atoms with E-state index in [1.165, 1.54) is 21.7 Å². The molecule has 4 nitrogen and oxygen atoms in total. The Hall–Kier alpha value is -1.30. The fourth-order valence-corrected chi connectivity index (χ4v) is 3.22. The molecule has 0 amide bonds. The standard InChI is InChI=1S/C14H17N3OS/c1-18-10-12-7-15-6-11-8-17(4-2-13(11)12)9-14-16-3-5-19-14/h3,5-7H,2,4,8-10H2,1H3. The molecular formula is C14H17N3OS. The zero-order valence-electron chi connectivity index (χ0n) is 11.0. The van der Waals surface area contributed by atoms with Crippen LogP contribution in [0, 0.1) is 0 Å². The molecule has 0 N–H and O–H groups in total. The molecule has 0 atom stereocenters. The van der Waals surface area contributed by atoms with Gasteiger partial charge in [-0.25, -0.2) is 4.98 Å². The van der Waals surface area contributed by atoms with Crippen LogP contribution >= 0.6 is 11.3 Å². The topological polar surface area (TPSA) is 38.2 Å². The van der Waals surface area contributed by atoms with Crippen LogP contribution in [0.5, 0.6) is 0 Å². The lowest BCUT2D eigenvalue weighted by atomic mass is 9.97. The number of aromatic nitrogens is 2. The Morgan fingerprint density at radius 3 is 3.16 bits per heavy atom. The molecule has 100 valence electrons. The summed E-state index contributed by atoms with van der Waals surface area (Å²) >= 11 is 1.72. The molecule has 0 saturated heterocycles. The van der Waals surface area contributed by atoms with Gasteiger partial charge in [0.15, 0.2) is 0 Å². The van der Waals surface area contributed by atoms with E-state index in [1.54, 1.807) is 18.4 Å². The Bertz CT molecular complexity index is 542. The van der Waals surface area contributed by atoms with Crippen LogP contribution in [0.3, 0.4) is 0 Å². The molecule has 5 heteroatoms. The highest BCUT2D eigenvalue weighted by molar-refractivity contribution is 7.09. The quantitative estimate of drug-likeness (QED) is 0.858. The lowest BCUT2D eigenvalue weighted by molar-refractivity contribution is 0.181. The minimum atomic E-state index is 0.655. The maximum Gasteiger partial charge on any atom is 0.107 e. The maximum atomic E-state index is 5.24. The number of methoxy groups -OCH3 is 1. The van der Waals surface area contributed by atoms with Crippen molar-refractivity contribution in [3.05, 3.63) is 45.7 Å². The van der Waals surface area contributed by atoms with Crippen molar-refractivity contribution in [3.63, 3.8) is 0 Å². The van der Waals surface area contributed by atoms with Gasteiger partial charge in [0.05, 0.1) is 13.2 Å². The number of rotatable bonds is 4. The molecular weight excluding hydrogens is 258 g/mol. The third kappa shape index (κ3) is 2.83. The highest BCUT2D eigenvalue weighted by Crippen LogP contribution is 2.23. The SMILES string of the molecule is COCc1cncc2c1CCN(Cc1nccs1)C2. The third-order valence-corrected chi connectivity index (χ3v) is 4.21. The molecule has 0 aromatic carbocycles. The highest BCUT2D eigenvalue weighted by Gasteiger charge is 2.19. The fourth-order valence-electron chi connectivity index (χ4n) is 2.56. The first-order valence-electron chi connectivity index (χ1n) is 6.41. The molecule has 1 aliphatic heterocycles. The van der Waals surface area contributed by atoms with Gasteiger partial charge < -0.3 is 4.74 Å². The summed E-state index contributed by atoms with van der Waals surface area (Å²) in [5.41, 5.74) is 3.98. The van der Waals surface area contributed by atoms with E-state index in [1.807, 2.05) is 24.0 Å². The van der Waals surface area contributed by atoms with Crippen molar-refractivity contribution in [3.8, 4) is 0 Å². The van der Waals surface area contributed by atoms with E-state index in [4.69, 9.17) is 4.74 Å². The van der Waals surface area contributed by atoms with Crippen LogP contribution < -0.4 is 0 Å². The van der Waals surface area contributed by atoms with E-state index < -0.39 is 0 Å². The van der Waals surface area contributed by atoms with E-state index in [9.17, 15) is 0 Å². The number of fused-ring (bicyclic) bond motifs is 1. The summed E-state index contributed by atoms with van der Waals surface area (Å²) in [7, 11) is 1.73. The molecule has 1 aliphatic rings. The van der Waals surface area contributed by atoms with Gasteiger partial charge in [0.2, 0.25) is 0 Å². The molecule has 0 saturated carbocycles. The first-order valence-corrected chi connectivity index (χ1v) is 7.29. The van der Waals surface area contributed by atoms with E-state index in [2.05, 4.69) is 14.9 Å². The average Bonchev–Trinajstić information content (AvgIpc) is 2.92. The van der Waals surface area contributed by atoms with Gasteiger partial charge in [-0.05, 0) is 23.1 Å². The maximum absolute atomic E-state index is 5.24. The van der Waals surface area contributed by atoms with Gasteiger partial charge in [-0.2, -0.15) is 0 Å². The van der Waals surface area contributed by atoms with Crippen molar-refractivity contribution in [2.24, 2.45) is 0 Å². The fraction of sp³-hybridized carbons (Fsp3) is 0.429. The molecule has 0 bridgehead atoms. The lowest BCUT2D eigenvalue weighted by Gasteiger charge is -2.28. The minimum absolute atomic E-state index is 0.655. The van der Waals surface area contributed by atoms with E-state index >= 15 is 0 Å². The summed E-state index contributed by atoms with van der Waals surface area (Å²) in [5, 5.41) is 3.22. The molecule has 0 spiro atoms. The summed E-state index contributed by atoms with van der Waals surface area (Å²) in [4.78, 5) is 11.1. The van der Waals surface area contributed by atoms with Crippen LogP contribution in [0.25, 0.3) is 0 Å². The van der Waals surface area contributed by atoms with Crippen molar-refractivity contribution in [1.29, 1.82) is 0 Å². The molecule has 0 radical (unpaired) electrons. The normalized spacial score (nSPS) is 15.4. The van der Waals surface area contributed by atoms with Crippen LogP contribution in [0.15, 0.2) is 24.0 Å². The second-order valence-electron chi connectivity index (χ2n) is 4.76. The second kappa shape index (κ2) is 5.77.